The molecule has 0 aliphatic rings. The molecule has 0 fully saturated rings. The van der Waals surface area contributed by atoms with Crippen molar-refractivity contribution in [2.75, 3.05) is 0 Å². The zero-order valence-electron chi connectivity index (χ0n) is 13.8. The molecule has 0 aliphatic carbocycles. The van der Waals surface area contributed by atoms with E-state index < -0.39 is 7.59 Å². The van der Waals surface area contributed by atoms with Crippen LogP contribution < -0.4 is 0 Å². The second-order valence-corrected chi connectivity index (χ2v) is 10.1. The Morgan fingerprint density at radius 3 is 1.50 bits per heavy atom. The summed E-state index contributed by atoms with van der Waals surface area (Å²) < 4.78 is -3.80. The van der Waals surface area contributed by atoms with Crippen LogP contribution in [0.5, 0.6) is 0 Å². The van der Waals surface area contributed by atoms with Crippen LogP contribution in [0.3, 0.4) is 0 Å². The minimum absolute atomic E-state index is 0.142. The summed E-state index contributed by atoms with van der Waals surface area (Å²) in [5.74, 6) is 6.09. The standard InChI is InChI=1S/C19H9Cl6N3/c20-18(21,22)16-26-15(27-17(28-16)19(23,24)25)14-10-8-13(9-11-14)7-6-12-4-2-1-3-5-12/h1-5,8-11H. The van der Waals surface area contributed by atoms with Gasteiger partial charge in [-0.2, -0.15) is 0 Å². The Morgan fingerprint density at radius 2 is 1.04 bits per heavy atom. The van der Waals surface area contributed by atoms with E-state index in [4.69, 9.17) is 69.6 Å². The zero-order valence-corrected chi connectivity index (χ0v) is 18.3. The molecule has 0 aliphatic heterocycles. The molecule has 142 valence electrons. The van der Waals surface area contributed by atoms with Gasteiger partial charge in [-0.3, -0.25) is 0 Å². The monoisotopic (exact) mass is 489 g/mol. The molecule has 3 rings (SSSR count). The predicted octanol–water partition coefficient (Wildman–Crippen LogP) is 6.59. The molecule has 0 atom stereocenters. The summed E-state index contributed by atoms with van der Waals surface area (Å²) in [7, 11) is 0. The van der Waals surface area contributed by atoms with Crippen molar-refractivity contribution in [3.63, 3.8) is 0 Å². The fraction of sp³-hybridized carbons (Fsp3) is 0.105. The minimum atomic E-state index is -1.90. The number of halogens is 6. The van der Waals surface area contributed by atoms with E-state index in [1.807, 2.05) is 42.5 Å². The summed E-state index contributed by atoms with van der Waals surface area (Å²) in [6.45, 7) is 0. The van der Waals surface area contributed by atoms with Gasteiger partial charge in [-0.1, -0.05) is 99.6 Å². The molecule has 0 radical (unpaired) electrons. The maximum Gasteiger partial charge on any atom is 0.250 e. The van der Waals surface area contributed by atoms with Crippen LogP contribution in [-0.2, 0) is 7.59 Å². The Morgan fingerprint density at radius 1 is 0.571 bits per heavy atom. The Labute approximate surface area is 191 Å². The molecular formula is C19H9Cl6N3. The molecule has 0 saturated heterocycles. The lowest BCUT2D eigenvalue weighted by Gasteiger charge is -2.15. The SMILES string of the molecule is ClC(Cl)(Cl)c1nc(-c2ccc(C#Cc3ccccc3)cc2)nc(C(Cl)(Cl)Cl)n1. The molecule has 28 heavy (non-hydrogen) atoms. The topological polar surface area (TPSA) is 38.7 Å². The van der Waals surface area contributed by atoms with E-state index in [2.05, 4.69) is 26.8 Å². The first kappa shape index (κ1) is 21.5. The van der Waals surface area contributed by atoms with Gasteiger partial charge in [0.2, 0.25) is 7.59 Å². The molecule has 0 N–H and O–H groups in total. The van der Waals surface area contributed by atoms with Crippen LogP contribution in [0.4, 0.5) is 0 Å². The average molecular weight is 492 g/mol. The smallest absolute Gasteiger partial charge is 0.209 e. The molecule has 3 nitrogen and oxygen atoms in total. The second-order valence-electron chi connectivity index (χ2n) is 5.50. The normalized spacial score (nSPS) is 11.6. The van der Waals surface area contributed by atoms with Crippen LogP contribution >= 0.6 is 69.6 Å². The summed E-state index contributed by atoms with van der Waals surface area (Å²) >= 11 is 35.4. The highest BCUT2D eigenvalue weighted by molar-refractivity contribution is 6.67. The van der Waals surface area contributed by atoms with Gasteiger partial charge in [0.25, 0.3) is 0 Å². The molecule has 3 aromatic rings. The minimum Gasteiger partial charge on any atom is -0.209 e. The lowest BCUT2D eigenvalue weighted by molar-refractivity contribution is 0.851. The third-order valence-electron chi connectivity index (χ3n) is 3.41. The third kappa shape index (κ3) is 5.64. The first-order chi connectivity index (χ1) is 13.1. The molecule has 0 unspecified atom stereocenters. The van der Waals surface area contributed by atoms with Gasteiger partial charge in [0.05, 0.1) is 0 Å². The van der Waals surface area contributed by atoms with Crippen LogP contribution in [0.1, 0.15) is 22.8 Å². The fourth-order valence-electron chi connectivity index (χ4n) is 2.13. The van der Waals surface area contributed by atoms with Crippen molar-refractivity contribution in [1.82, 2.24) is 15.0 Å². The van der Waals surface area contributed by atoms with Crippen molar-refractivity contribution < 1.29 is 0 Å². The Hall–Kier alpha value is -1.25. The van der Waals surface area contributed by atoms with Crippen LogP contribution in [0, 0.1) is 11.8 Å². The van der Waals surface area contributed by atoms with Crippen LogP contribution in [-0.4, -0.2) is 15.0 Å². The lowest BCUT2D eigenvalue weighted by atomic mass is 10.1. The van der Waals surface area contributed by atoms with Gasteiger partial charge in [-0.25, -0.2) is 15.0 Å². The first-order valence-electron chi connectivity index (χ1n) is 7.71. The molecule has 1 heterocycles. The number of nitrogens with zero attached hydrogens (tertiary/aromatic N) is 3. The molecule has 2 aromatic carbocycles. The van der Waals surface area contributed by atoms with Crippen molar-refractivity contribution in [2.24, 2.45) is 0 Å². The number of aromatic nitrogens is 3. The number of hydrogen-bond acceptors (Lipinski definition) is 3. The van der Waals surface area contributed by atoms with Crippen molar-refractivity contribution in [3.05, 3.63) is 77.4 Å². The highest BCUT2D eigenvalue weighted by Crippen LogP contribution is 2.40. The molecule has 0 saturated carbocycles. The van der Waals surface area contributed by atoms with E-state index in [1.54, 1.807) is 12.1 Å². The lowest BCUT2D eigenvalue weighted by Crippen LogP contribution is -2.16. The van der Waals surface area contributed by atoms with Gasteiger partial charge in [-0.15, -0.1) is 0 Å². The van der Waals surface area contributed by atoms with Crippen molar-refractivity contribution >= 4 is 69.6 Å². The van der Waals surface area contributed by atoms with E-state index >= 15 is 0 Å². The van der Waals surface area contributed by atoms with E-state index in [0.717, 1.165) is 11.1 Å². The van der Waals surface area contributed by atoms with Gasteiger partial charge in [0, 0.05) is 16.7 Å². The molecular weight excluding hydrogens is 483 g/mol. The van der Waals surface area contributed by atoms with E-state index in [9.17, 15) is 0 Å². The van der Waals surface area contributed by atoms with Gasteiger partial charge in [0.15, 0.2) is 17.5 Å². The molecule has 1 aromatic heterocycles. The van der Waals surface area contributed by atoms with E-state index in [1.165, 1.54) is 0 Å². The second kappa shape index (κ2) is 8.63. The van der Waals surface area contributed by atoms with Crippen LogP contribution in [0.25, 0.3) is 11.4 Å². The van der Waals surface area contributed by atoms with Gasteiger partial charge in [-0.05, 0) is 36.4 Å². The van der Waals surface area contributed by atoms with Crippen LogP contribution in [0.15, 0.2) is 54.6 Å². The maximum atomic E-state index is 5.90. The Bertz CT molecular complexity index is 997. The summed E-state index contributed by atoms with van der Waals surface area (Å²) in [6, 6.07) is 16.8. The zero-order chi connectivity index (χ0) is 20.4. The average Bonchev–Trinajstić information content (AvgIpc) is 2.66. The fourth-order valence-corrected chi connectivity index (χ4v) is 2.63. The Balaban J connectivity index is 1.96. The molecule has 0 spiro atoms. The van der Waals surface area contributed by atoms with Crippen molar-refractivity contribution in [2.45, 2.75) is 7.59 Å². The number of benzene rings is 2. The van der Waals surface area contributed by atoms with Crippen molar-refractivity contribution in [1.29, 1.82) is 0 Å². The largest absolute Gasteiger partial charge is 0.250 e. The predicted molar refractivity (Wildman–Crippen MR) is 116 cm³/mol. The van der Waals surface area contributed by atoms with Gasteiger partial charge < -0.3 is 0 Å². The van der Waals surface area contributed by atoms with E-state index in [-0.39, 0.29) is 17.5 Å². The van der Waals surface area contributed by atoms with E-state index in [0.29, 0.717) is 5.56 Å². The first-order valence-corrected chi connectivity index (χ1v) is 9.98. The molecule has 9 heteroatoms. The summed E-state index contributed by atoms with van der Waals surface area (Å²) in [4.78, 5) is 12.3. The third-order valence-corrected chi connectivity index (χ3v) is 4.42. The Kier molecular flexibility index (Phi) is 6.61. The molecule has 0 bridgehead atoms. The summed E-state index contributed by atoms with van der Waals surface area (Å²) in [6.07, 6.45) is 0. The van der Waals surface area contributed by atoms with Gasteiger partial charge >= 0.3 is 0 Å². The number of rotatable bonds is 1. The van der Waals surface area contributed by atoms with Gasteiger partial charge in [0.1, 0.15) is 0 Å². The summed E-state index contributed by atoms with van der Waals surface area (Å²) in [5, 5.41) is 0. The number of hydrogen-bond donors (Lipinski definition) is 0. The highest BCUT2D eigenvalue weighted by atomic mass is 35.6. The van der Waals surface area contributed by atoms with Crippen molar-refractivity contribution in [3.8, 4) is 23.2 Å². The number of alkyl halides is 6. The summed E-state index contributed by atoms with van der Waals surface area (Å²) in [5.41, 5.74) is 2.35. The van der Waals surface area contributed by atoms with Crippen LogP contribution in [0.2, 0.25) is 0 Å². The molecule has 0 amide bonds. The maximum absolute atomic E-state index is 5.90. The quantitative estimate of drug-likeness (QED) is 0.284. The highest BCUT2D eigenvalue weighted by Gasteiger charge is 2.33.